The first-order valence-electron chi connectivity index (χ1n) is 9.92. The summed E-state index contributed by atoms with van der Waals surface area (Å²) >= 11 is 8.57. The molecule has 0 saturated carbocycles. The van der Waals surface area contributed by atoms with Crippen LogP contribution in [0.5, 0.6) is 35.3 Å². The Morgan fingerprint density at radius 3 is 1.16 bits per heavy atom. The van der Waals surface area contributed by atoms with Gasteiger partial charge in [-0.1, -0.05) is 26.0 Å². The van der Waals surface area contributed by atoms with E-state index < -0.39 is 0 Å². The smallest absolute Gasteiger partial charge is 0.331 e. The average Bonchev–Trinajstić information content (AvgIpc) is 2.77. The molecule has 0 radical (unpaired) electrons. The number of hydrogen-bond acceptors (Lipinski definition) is 8. The van der Waals surface area contributed by atoms with Crippen LogP contribution in [0.4, 0.5) is 0 Å². The standard InChI is InChI=1S/C24H21N3O3S2/c1-15(2)16-3-5-17(6-4-16)28-22-25-23(29-18-7-11-20(31)12-8-18)27-24(26-22)30-19-9-13-21(32)14-10-19/h3-15,31-32H,1-2H3. The van der Waals surface area contributed by atoms with Crippen molar-refractivity contribution in [2.75, 3.05) is 0 Å². The molecule has 0 spiro atoms. The number of aromatic nitrogens is 3. The fourth-order valence-electron chi connectivity index (χ4n) is 2.72. The van der Waals surface area contributed by atoms with Crippen molar-refractivity contribution in [2.24, 2.45) is 0 Å². The van der Waals surface area contributed by atoms with Gasteiger partial charge >= 0.3 is 18.0 Å². The van der Waals surface area contributed by atoms with E-state index in [0.717, 1.165) is 9.79 Å². The Kier molecular flexibility index (Phi) is 6.82. The maximum Gasteiger partial charge on any atom is 0.331 e. The highest BCUT2D eigenvalue weighted by Gasteiger charge is 2.13. The number of thiol groups is 2. The molecule has 1 heterocycles. The topological polar surface area (TPSA) is 66.4 Å². The molecule has 0 unspecified atom stereocenters. The lowest BCUT2D eigenvalue weighted by atomic mass is 10.0. The molecule has 4 aromatic rings. The van der Waals surface area contributed by atoms with Gasteiger partial charge in [-0.3, -0.25) is 0 Å². The zero-order valence-electron chi connectivity index (χ0n) is 17.5. The number of nitrogens with zero attached hydrogens (tertiary/aromatic N) is 3. The van der Waals surface area contributed by atoms with Crippen LogP contribution in [0.15, 0.2) is 82.6 Å². The number of benzene rings is 3. The highest BCUT2D eigenvalue weighted by Crippen LogP contribution is 2.28. The fraction of sp³-hybridized carbons (Fsp3) is 0.125. The Hall–Kier alpha value is -3.23. The molecule has 6 nitrogen and oxygen atoms in total. The molecule has 0 atom stereocenters. The zero-order valence-corrected chi connectivity index (χ0v) is 19.3. The lowest BCUT2D eigenvalue weighted by Gasteiger charge is -2.10. The highest BCUT2D eigenvalue weighted by molar-refractivity contribution is 7.80. The minimum Gasteiger partial charge on any atom is -0.424 e. The Morgan fingerprint density at radius 2 is 0.844 bits per heavy atom. The summed E-state index contributed by atoms with van der Waals surface area (Å²) in [6, 6.07) is 22.2. The van der Waals surface area contributed by atoms with Crippen LogP contribution in [0.25, 0.3) is 0 Å². The quantitative estimate of drug-likeness (QED) is 0.289. The lowest BCUT2D eigenvalue weighted by molar-refractivity contribution is 0.362. The molecule has 0 amide bonds. The summed E-state index contributed by atoms with van der Waals surface area (Å²) in [5.41, 5.74) is 1.21. The molecule has 3 aromatic carbocycles. The first-order valence-corrected chi connectivity index (χ1v) is 10.8. The predicted octanol–water partition coefficient (Wildman–Crippen LogP) is 6.95. The van der Waals surface area contributed by atoms with Crippen LogP contribution in [0.3, 0.4) is 0 Å². The molecule has 8 heteroatoms. The van der Waals surface area contributed by atoms with Gasteiger partial charge in [0, 0.05) is 9.79 Å². The van der Waals surface area contributed by atoms with Crippen LogP contribution >= 0.6 is 25.3 Å². The van der Waals surface area contributed by atoms with Crippen molar-refractivity contribution < 1.29 is 14.2 Å². The summed E-state index contributed by atoms with van der Waals surface area (Å²) in [5.74, 6) is 2.11. The molecule has 0 aliphatic heterocycles. The summed E-state index contributed by atoms with van der Waals surface area (Å²) in [6.45, 7) is 4.27. The van der Waals surface area contributed by atoms with Crippen molar-refractivity contribution >= 4 is 25.3 Å². The summed E-state index contributed by atoms with van der Waals surface area (Å²) in [7, 11) is 0. The van der Waals surface area contributed by atoms with Gasteiger partial charge in [-0.2, -0.15) is 0 Å². The SMILES string of the molecule is CC(C)c1ccc(Oc2nc(Oc3ccc(S)cc3)nc(Oc3ccc(S)cc3)n2)cc1. The van der Waals surface area contributed by atoms with E-state index in [4.69, 9.17) is 14.2 Å². The van der Waals surface area contributed by atoms with E-state index in [-0.39, 0.29) is 18.0 Å². The molecule has 32 heavy (non-hydrogen) atoms. The van der Waals surface area contributed by atoms with Crippen molar-refractivity contribution in [2.45, 2.75) is 29.6 Å². The van der Waals surface area contributed by atoms with Crippen LogP contribution in [-0.4, -0.2) is 15.0 Å². The van der Waals surface area contributed by atoms with Gasteiger partial charge in [-0.05, 0) is 72.1 Å². The van der Waals surface area contributed by atoms with Gasteiger partial charge in [-0.25, -0.2) is 0 Å². The third-order valence-corrected chi connectivity index (χ3v) is 5.02. The van der Waals surface area contributed by atoms with E-state index in [1.54, 1.807) is 24.3 Å². The predicted molar refractivity (Wildman–Crippen MR) is 128 cm³/mol. The van der Waals surface area contributed by atoms with Crippen molar-refractivity contribution in [3.63, 3.8) is 0 Å². The summed E-state index contributed by atoms with van der Waals surface area (Å²) in [4.78, 5) is 14.5. The zero-order chi connectivity index (χ0) is 22.5. The van der Waals surface area contributed by atoms with E-state index in [0.29, 0.717) is 23.2 Å². The molecular weight excluding hydrogens is 442 g/mol. The Balaban J connectivity index is 1.62. The minimum absolute atomic E-state index is 0.0431. The van der Waals surface area contributed by atoms with Crippen LogP contribution in [-0.2, 0) is 0 Å². The van der Waals surface area contributed by atoms with Gasteiger partial charge < -0.3 is 14.2 Å². The maximum atomic E-state index is 5.86. The third kappa shape index (κ3) is 5.93. The van der Waals surface area contributed by atoms with E-state index in [1.807, 2.05) is 48.5 Å². The number of rotatable bonds is 7. The van der Waals surface area contributed by atoms with Gasteiger partial charge in [0.15, 0.2) is 0 Å². The second kappa shape index (κ2) is 9.93. The Bertz CT molecular complexity index is 1120. The van der Waals surface area contributed by atoms with Crippen molar-refractivity contribution in [3.8, 4) is 35.3 Å². The molecule has 0 fully saturated rings. The minimum atomic E-state index is 0.0431. The molecule has 0 aliphatic rings. The lowest BCUT2D eigenvalue weighted by Crippen LogP contribution is -2.01. The summed E-state index contributed by atoms with van der Waals surface area (Å²) < 4.78 is 17.4. The molecular formula is C24H21N3O3S2. The van der Waals surface area contributed by atoms with Crippen LogP contribution < -0.4 is 14.2 Å². The molecule has 1 aromatic heterocycles. The molecule has 0 N–H and O–H groups in total. The number of ether oxygens (including phenoxy) is 3. The van der Waals surface area contributed by atoms with Crippen LogP contribution in [0, 0.1) is 0 Å². The van der Waals surface area contributed by atoms with E-state index in [9.17, 15) is 0 Å². The summed E-state index contributed by atoms with van der Waals surface area (Å²) in [5, 5.41) is 0. The average molecular weight is 464 g/mol. The molecule has 4 rings (SSSR count). The van der Waals surface area contributed by atoms with E-state index in [2.05, 4.69) is 54.1 Å². The van der Waals surface area contributed by atoms with E-state index >= 15 is 0 Å². The molecule has 0 bridgehead atoms. The van der Waals surface area contributed by atoms with Gasteiger partial charge in [0.2, 0.25) is 0 Å². The van der Waals surface area contributed by atoms with Crippen molar-refractivity contribution in [1.82, 2.24) is 15.0 Å². The molecule has 0 aliphatic carbocycles. The van der Waals surface area contributed by atoms with Crippen LogP contribution in [0.1, 0.15) is 25.3 Å². The largest absolute Gasteiger partial charge is 0.424 e. The fourth-order valence-corrected chi connectivity index (χ4v) is 3.02. The van der Waals surface area contributed by atoms with E-state index in [1.165, 1.54) is 5.56 Å². The summed E-state index contributed by atoms with van der Waals surface area (Å²) in [6.07, 6.45) is 0. The Morgan fingerprint density at radius 1 is 0.531 bits per heavy atom. The van der Waals surface area contributed by atoms with Gasteiger partial charge in [0.1, 0.15) is 17.2 Å². The molecule has 162 valence electrons. The highest BCUT2D eigenvalue weighted by atomic mass is 32.1. The van der Waals surface area contributed by atoms with Gasteiger partial charge in [-0.15, -0.1) is 40.2 Å². The van der Waals surface area contributed by atoms with Gasteiger partial charge in [0.25, 0.3) is 0 Å². The maximum absolute atomic E-state index is 5.86. The second-order valence-electron chi connectivity index (χ2n) is 7.20. The third-order valence-electron chi connectivity index (χ3n) is 4.42. The van der Waals surface area contributed by atoms with Gasteiger partial charge in [0.05, 0.1) is 0 Å². The first-order chi connectivity index (χ1) is 15.4. The normalized spacial score (nSPS) is 10.8. The second-order valence-corrected chi connectivity index (χ2v) is 8.23. The number of hydrogen-bond donors (Lipinski definition) is 2. The van der Waals surface area contributed by atoms with Crippen molar-refractivity contribution in [3.05, 3.63) is 78.4 Å². The monoisotopic (exact) mass is 463 g/mol. The Labute approximate surface area is 197 Å². The molecule has 0 saturated heterocycles. The van der Waals surface area contributed by atoms with Crippen molar-refractivity contribution in [1.29, 1.82) is 0 Å². The van der Waals surface area contributed by atoms with Crippen LogP contribution in [0.2, 0.25) is 0 Å². The first kappa shape index (κ1) is 22.0.